The zero-order valence-corrected chi connectivity index (χ0v) is 15.9. The van der Waals surface area contributed by atoms with Crippen LogP contribution in [-0.2, 0) is 23.1 Å². The monoisotopic (exact) mass is 362 g/mol. The van der Waals surface area contributed by atoms with Gasteiger partial charge in [-0.25, -0.2) is 13.1 Å². The summed E-state index contributed by atoms with van der Waals surface area (Å²) < 4.78 is 28.2. The molecular formula is C18H26N4O2S. The molecule has 0 aliphatic carbocycles. The Morgan fingerprint density at radius 2 is 1.96 bits per heavy atom. The molecule has 0 bridgehead atoms. The van der Waals surface area contributed by atoms with E-state index in [1.165, 1.54) is 16.7 Å². The summed E-state index contributed by atoms with van der Waals surface area (Å²) in [5, 5.41) is 4.39. The van der Waals surface area contributed by atoms with Gasteiger partial charge in [0.25, 0.3) is 0 Å². The maximum atomic E-state index is 11.8. The zero-order chi connectivity index (χ0) is 18.0. The van der Waals surface area contributed by atoms with Gasteiger partial charge in [-0.2, -0.15) is 5.10 Å². The average molecular weight is 362 g/mol. The number of aromatic nitrogens is 2. The molecule has 0 amide bonds. The van der Waals surface area contributed by atoms with Crippen LogP contribution in [0.2, 0.25) is 0 Å². The standard InChI is InChI=1S/C18H26N4O2S/c1-4-25(23,24)20-10-18-13-21(12-17-5-6-19-22(17)18)11-16-8-14(2)7-15(3)9-16/h5-9,18,20H,4,10-13H2,1-3H3/t18-/m1/s1. The third-order valence-electron chi connectivity index (χ3n) is 4.56. The van der Waals surface area contributed by atoms with Crippen molar-refractivity contribution in [2.24, 2.45) is 0 Å². The van der Waals surface area contributed by atoms with Crippen molar-refractivity contribution < 1.29 is 8.42 Å². The predicted molar refractivity (Wildman–Crippen MR) is 98.8 cm³/mol. The molecule has 1 aliphatic rings. The van der Waals surface area contributed by atoms with Gasteiger partial charge < -0.3 is 0 Å². The minimum atomic E-state index is -3.20. The lowest BCUT2D eigenvalue weighted by Crippen LogP contribution is -2.42. The lowest BCUT2D eigenvalue weighted by molar-refractivity contribution is 0.168. The van der Waals surface area contributed by atoms with E-state index in [0.717, 1.165) is 25.3 Å². The highest BCUT2D eigenvalue weighted by molar-refractivity contribution is 7.89. The Labute approximate surface area is 149 Å². The van der Waals surface area contributed by atoms with Gasteiger partial charge in [-0.1, -0.05) is 29.3 Å². The first-order valence-corrected chi connectivity index (χ1v) is 10.3. The summed E-state index contributed by atoms with van der Waals surface area (Å²) in [6, 6.07) is 8.62. The van der Waals surface area contributed by atoms with E-state index in [0.29, 0.717) is 6.54 Å². The van der Waals surface area contributed by atoms with E-state index in [-0.39, 0.29) is 11.8 Å². The Kier molecular flexibility index (Phi) is 5.27. The summed E-state index contributed by atoms with van der Waals surface area (Å²) in [5.41, 5.74) is 4.95. The van der Waals surface area contributed by atoms with Crippen LogP contribution in [0.15, 0.2) is 30.5 Å². The van der Waals surface area contributed by atoms with Gasteiger partial charge in [0.1, 0.15) is 0 Å². The topological polar surface area (TPSA) is 67.2 Å². The Morgan fingerprint density at radius 3 is 2.64 bits per heavy atom. The number of nitrogens with one attached hydrogen (secondary N) is 1. The first-order chi connectivity index (χ1) is 11.9. The molecule has 0 saturated carbocycles. The minimum Gasteiger partial charge on any atom is -0.291 e. The van der Waals surface area contributed by atoms with Crippen LogP contribution in [0.5, 0.6) is 0 Å². The van der Waals surface area contributed by atoms with Crippen LogP contribution >= 0.6 is 0 Å². The normalized spacial score (nSPS) is 18.3. The maximum Gasteiger partial charge on any atom is 0.211 e. The van der Waals surface area contributed by atoms with Gasteiger partial charge >= 0.3 is 0 Å². The van der Waals surface area contributed by atoms with Gasteiger partial charge in [0.15, 0.2) is 0 Å². The Balaban J connectivity index is 1.75. The van der Waals surface area contributed by atoms with Gasteiger partial charge in [0.2, 0.25) is 10.0 Å². The third kappa shape index (κ3) is 4.48. The largest absolute Gasteiger partial charge is 0.291 e. The second-order valence-corrected chi connectivity index (χ2v) is 8.93. The maximum absolute atomic E-state index is 11.8. The van der Waals surface area contributed by atoms with Crippen LogP contribution in [-0.4, -0.2) is 41.9 Å². The number of nitrogens with zero attached hydrogens (tertiary/aromatic N) is 3. The zero-order valence-electron chi connectivity index (χ0n) is 15.1. The Hall–Kier alpha value is -1.70. The molecule has 25 heavy (non-hydrogen) atoms. The van der Waals surface area contributed by atoms with E-state index >= 15 is 0 Å². The van der Waals surface area contributed by atoms with Gasteiger partial charge in [-0.15, -0.1) is 0 Å². The lowest BCUT2D eigenvalue weighted by Gasteiger charge is -2.34. The highest BCUT2D eigenvalue weighted by Crippen LogP contribution is 2.22. The first-order valence-electron chi connectivity index (χ1n) is 8.65. The number of aryl methyl sites for hydroxylation is 2. The summed E-state index contributed by atoms with van der Waals surface area (Å²) in [7, 11) is -3.20. The molecule has 0 spiro atoms. The molecule has 2 aromatic rings. The third-order valence-corrected chi connectivity index (χ3v) is 5.93. The number of rotatable bonds is 6. The first kappa shape index (κ1) is 18.1. The molecule has 0 saturated heterocycles. The molecule has 0 radical (unpaired) electrons. The molecule has 7 heteroatoms. The van der Waals surface area contributed by atoms with Gasteiger partial charge in [0.05, 0.1) is 17.5 Å². The average Bonchev–Trinajstić information content (AvgIpc) is 3.00. The molecule has 1 aromatic heterocycles. The molecule has 2 heterocycles. The quantitative estimate of drug-likeness (QED) is 0.853. The van der Waals surface area contributed by atoms with Crippen molar-refractivity contribution in [1.82, 2.24) is 19.4 Å². The van der Waals surface area contributed by atoms with Crippen molar-refractivity contribution in [2.45, 2.75) is 39.9 Å². The van der Waals surface area contributed by atoms with E-state index in [2.05, 4.69) is 46.8 Å². The smallest absolute Gasteiger partial charge is 0.211 e. The van der Waals surface area contributed by atoms with Gasteiger partial charge in [-0.3, -0.25) is 9.58 Å². The molecule has 136 valence electrons. The SMILES string of the molecule is CCS(=O)(=O)NC[C@@H]1CN(Cc2cc(C)cc(C)c2)Cc2ccnn21. The minimum absolute atomic E-state index is 0.00554. The summed E-state index contributed by atoms with van der Waals surface area (Å²) in [6.07, 6.45) is 1.79. The van der Waals surface area contributed by atoms with Crippen molar-refractivity contribution >= 4 is 10.0 Å². The van der Waals surface area contributed by atoms with Crippen LogP contribution in [0.25, 0.3) is 0 Å². The highest BCUT2D eigenvalue weighted by Gasteiger charge is 2.26. The molecule has 1 N–H and O–H groups in total. The van der Waals surface area contributed by atoms with Crippen molar-refractivity contribution in [3.63, 3.8) is 0 Å². The van der Waals surface area contributed by atoms with Crippen LogP contribution in [0.1, 0.15) is 35.3 Å². The molecule has 0 unspecified atom stereocenters. The van der Waals surface area contributed by atoms with E-state index in [1.807, 2.05) is 10.7 Å². The molecular weight excluding hydrogens is 336 g/mol. The number of hydrogen-bond acceptors (Lipinski definition) is 4. The van der Waals surface area contributed by atoms with E-state index in [1.54, 1.807) is 13.1 Å². The van der Waals surface area contributed by atoms with Crippen molar-refractivity contribution in [3.8, 4) is 0 Å². The van der Waals surface area contributed by atoms with Crippen LogP contribution < -0.4 is 4.72 Å². The summed E-state index contributed by atoms with van der Waals surface area (Å²) >= 11 is 0. The van der Waals surface area contributed by atoms with Gasteiger partial charge in [0, 0.05) is 32.4 Å². The fourth-order valence-electron chi connectivity index (χ4n) is 3.48. The van der Waals surface area contributed by atoms with E-state index in [4.69, 9.17) is 0 Å². The second-order valence-electron chi connectivity index (χ2n) is 6.84. The van der Waals surface area contributed by atoms with Crippen LogP contribution in [0, 0.1) is 13.8 Å². The Morgan fingerprint density at radius 1 is 1.24 bits per heavy atom. The molecule has 1 aromatic carbocycles. The predicted octanol–water partition coefficient (Wildman–Crippen LogP) is 2.00. The molecule has 0 fully saturated rings. The number of benzene rings is 1. The lowest BCUT2D eigenvalue weighted by atomic mass is 10.1. The number of sulfonamides is 1. The fourth-order valence-corrected chi connectivity index (χ4v) is 4.13. The van der Waals surface area contributed by atoms with E-state index < -0.39 is 10.0 Å². The number of hydrogen-bond donors (Lipinski definition) is 1. The molecule has 1 atom stereocenters. The van der Waals surface area contributed by atoms with E-state index in [9.17, 15) is 8.42 Å². The molecule has 3 rings (SSSR count). The van der Waals surface area contributed by atoms with Crippen LogP contribution in [0.3, 0.4) is 0 Å². The number of fused-ring (bicyclic) bond motifs is 1. The van der Waals surface area contributed by atoms with Gasteiger partial charge in [-0.05, 0) is 32.4 Å². The summed E-state index contributed by atoms with van der Waals surface area (Å²) in [5.74, 6) is 0.0952. The van der Waals surface area contributed by atoms with Crippen molar-refractivity contribution in [3.05, 3.63) is 52.8 Å². The van der Waals surface area contributed by atoms with Crippen molar-refractivity contribution in [1.29, 1.82) is 0 Å². The van der Waals surface area contributed by atoms with Crippen LogP contribution in [0.4, 0.5) is 0 Å². The second kappa shape index (κ2) is 7.27. The van der Waals surface area contributed by atoms with Crippen molar-refractivity contribution in [2.75, 3.05) is 18.8 Å². The molecule has 1 aliphatic heterocycles. The Bertz CT molecular complexity index is 824. The highest BCUT2D eigenvalue weighted by atomic mass is 32.2. The fraction of sp³-hybridized carbons (Fsp3) is 0.500. The summed E-state index contributed by atoms with van der Waals surface area (Å²) in [4.78, 5) is 2.36. The summed E-state index contributed by atoms with van der Waals surface area (Å²) in [6.45, 7) is 8.69. The molecule has 6 nitrogen and oxygen atoms in total.